The largest absolute Gasteiger partial charge is 0.412 e. The van der Waals surface area contributed by atoms with Crippen LogP contribution in [0, 0.1) is 10.1 Å². The molecule has 0 unspecified atom stereocenters. The highest BCUT2D eigenvalue weighted by Crippen LogP contribution is 2.14. The summed E-state index contributed by atoms with van der Waals surface area (Å²) in [4.78, 5) is 22.7. The summed E-state index contributed by atoms with van der Waals surface area (Å²) in [5.74, 6) is -0.162. The number of nitrogens with zero attached hydrogens (tertiary/aromatic N) is 2. The van der Waals surface area contributed by atoms with Crippen molar-refractivity contribution in [3.05, 3.63) is 82.5 Å². The number of nitro groups is 1. The van der Waals surface area contributed by atoms with Gasteiger partial charge >= 0.3 is 0 Å². The van der Waals surface area contributed by atoms with Gasteiger partial charge in [-0.15, -0.1) is 17.0 Å². The fraction of sp³-hybridized carbons (Fsp3) is 0.0588. The van der Waals surface area contributed by atoms with Crippen LogP contribution in [0.2, 0.25) is 0 Å². The molecule has 0 aliphatic rings. The second-order valence-electron chi connectivity index (χ2n) is 4.93. The molecule has 0 atom stereocenters. The molecular formula is C17H16BrN2O4+. The van der Waals surface area contributed by atoms with E-state index in [0.29, 0.717) is 5.56 Å². The van der Waals surface area contributed by atoms with Crippen LogP contribution >= 0.6 is 17.0 Å². The van der Waals surface area contributed by atoms with E-state index in [2.05, 4.69) is 0 Å². The molecule has 6 nitrogen and oxygen atoms in total. The first kappa shape index (κ1) is 19.4. The number of pyridine rings is 1. The number of nitro benzene ring substituents is 1. The molecular weight excluding hydrogens is 376 g/mol. The van der Waals surface area contributed by atoms with Crippen molar-refractivity contribution in [1.29, 1.82) is 0 Å². The molecule has 124 valence electrons. The summed E-state index contributed by atoms with van der Waals surface area (Å²) < 4.78 is 1.84. The summed E-state index contributed by atoms with van der Waals surface area (Å²) in [7, 11) is 0. The molecule has 0 fully saturated rings. The lowest BCUT2D eigenvalue weighted by molar-refractivity contribution is -0.657. The van der Waals surface area contributed by atoms with Crippen LogP contribution in [0.3, 0.4) is 0 Å². The molecule has 2 N–H and O–H groups in total. The van der Waals surface area contributed by atoms with Crippen molar-refractivity contribution in [2.75, 3.05) is 0 Å². The van der Waals surface area contributed by atoms with Crippen molar-refractivity contribution in [1.82, 2.24) is 0 Å². The average molecular weight is 392 g/mol. The summed E-state index contributed by atoms with van der Waals surface area (Å²) in [6, 6.07) is 17.4. The first-order chi connectivity index (χ1) is 10.6. The van der Waals surface area contributed by atoms with Crippen molar-refractivity contribution in [3.8, 4) is 0 Å². The normalized spacial score (nSPS) is 9.67. The number of ketones is 1. The van der Waals surface area contributed by atoms with Crippen LogP contribution in [-0.4, -0.2) is 16.2 Å². The minimum absolute atomic E-state index is 0. The third-order valence-corrected chi connectivity index (χ3v) is 3.48. The topological polar surface area (TPSA) is 95.6 Å². The zero-order valence-electron chi connectivity index (χ0n) is 12.6. The standard InChI is InChI=1S/C17H13N2O3.BrH.H2O/c20-17(14-6-3-8-15(11-14)19(21)22)12-18-10-4-7-13-5-1-2-9-16(13)18;;/h1-11H,12H2;1H;1H2/q+1;;. The molecule has 0 spiro atoms. The average Bonchev–Trinajstić information content (AvgIpc) is 2.55. The van der Waals surface area contributed by atoms with Crippen LogP contribution in [-0.2, 0) is 6.54 Å². The van der Waals surface area contributed by atoms with E-state index in [-0.39, 0.29) is 40.5 Å². The first-order valence-electron chi connectivity index (χ1n) is 6.80. The Morgan fingerprint density at radius 3 is 2.50 bits per heavy atom. The predicted molar refractivity (Wildman–Crippen MR) is 95.5 cm³/mol. The highest BCUT2D eigenvalue weighted by molar-refractivity contribution is 8.93. The molecule has 0 amide bonds. The number of carbonyl (C=O) groups excluding carboxylic acids is 1. The molecule has 1 aromatic heterocycles. The lowest BCUT2D eigenvalue weighted by atomic mass is 10.1. The lowest BCUT2D eigenvalue weighted by Crippen LogP contribution is -2.38. The van der Waals surface area contributed by atoms with E-state index in [4.69, 9.17) is 0 Å². The smallest absolute Gasteiger partial charge is 0.270 e. The minimum atomic E-state index is -0.498. The van der Waals surface area contributed by atoms with Crippen molar-refractivity contribution >= 4 is 39.4 Å². The number of halogens is 1. The van der Waals surface area contributed by atoms with Gasteiger partial charge in [-0.3, -0.25) is 14.9 Å². The van der Waals surface area contributed by atoms with E-state index in [0.717, 1.165) is 10.9 Å². The van der Waals surface area contributed by atoms with Gasteiger partial charge in [-0.2, -0.15) is 4.57 Å². The van der Waals surface area contributed by atoms with E-state index < -0.39 is 4.92 Å². The maximum Gasteiger partial charge on any atom is 0.270 e. The molecule has 0 saturated carbocycles. The van der Waals surface area contributed by atoms with E-state index >= 15 is 0 Å². The van der Waals surface area contributed by atoms with Gasteiger partial charge in [0.2, 0.25) is 17.8 Å². The van der Waals surface area contributed by atoms with Gasteiger partial charge in [0.15, 0.2) is 6.20 Å². The molecule has 3 aromatic rings. The molecule has 0 aliphatic heterocycles. The van der Waals surface area contributed by atoms with Crippen molar-refractivity contribution in [3.63, 3.8) is 0 Å². The molecule has 0 saturated heterocycles. The van der Waals surface area contributed by atoms with E-state index in [1.807, 2.05) is 47.2 Å². The van der Waals surface area contributed by atoms with Crippen LogP contribution in [0.5, 0.6) is 0 Å². The molecule has 24 heavy (non-hydrogen) atoms. The molecule has 0 radical (unpaired) electrons. The van der Waals surface area contributed by atoms with Crippen molar-refractivity contribution in [2.45, 2.75) is 6.54 Å². The van der Waals surface area contributed by atoms with Crippen LogP contribution in [0.25, 0.3) is 10.9 Å². The lowest BCUT2D eigenvalue weighted by Gasteiger charge is -2.01. The third kappa shape index (κ3) is 4.01. The Balaban J connectivity index is 0.00000144. The Kier molecular flexibility index (Phi) is 6.69. The van der Waals surface area contributed by atoms with Crippen LogP contribution in [0.1, 0.15) is 10.4 Å². The number of carbonyl (C=O) groups is 1. The Morgan fingerprint density at radius 2 is 1.75 bits per heavy atom. The Hall–Kier alpha value is -2.64. The molecule has 0 bridgehead atoms. The van der Waals surface area contributed by atoms with Crippen molar-refractivity contribution < 1.29 is 19.8 Å². The maximum absolute atomic E-state index is 12.4. The van der Waals surface area contributed by atoms with E-state index in [9.17, 15) is 14.9 Å². The fourth-order valence-electron chi connectivity index (χ4n) is 2.40. The first-order valence-corrected chi connectivity index (χ1v) is 6.80. The SMILES string of the molecule is Br.O.O=C(C[n+]1cccc2ccccc21)c1cccc([N+](=O)[O-])c1. The summed E-state index contributed by atoms with van der Waals surface area (Å²) in [6.07, 6.45) is 1.83. The highest BCUT2D eigenvalue weighted by atomic mass is 79.9. The quantitative estimate of drug-likeness (QED) is 0.296. The molecule has 7 heteroatoms. The number of aromatic nitrogens is 1. The van der Waals surface area contributed by atoms with Crippen LogP contribution in [0.15, 0.2) is 66.9 Å². The second kappa shape index (κ2) is 8.28. The number of benzene rings is 2. The fourth-order valence-corrected chi connectivity index (χ4v) is 2.40. The predicted octanol–water partition coefficient (Wildman–Crippen LogP) is 2.67. The van der Waals surface area contributed by atoms with Gasteiger partial charge in [-0.05, 0) is 12.1 Å². The van der Waals surface area contributed by atoms with E-state index in [1.54, 1.807) is 6.07 Å². The summed E-state index contributed by atoms with van der Waals surface area (Å²) in [5, 5.41) is 11.8. The van der Waals surface area contributed by atoms with Gasteiger partial charge in [0.05, 0.1) is 4.92 Å². The van der Waals surface area contributed by atoms with Gasteiger partial charge in [0, 0.05) is 35.2 Å². The van der Waals surface area contributed by atoms with Crippen LogP contribution in [0.4, 0.5) is 5.69 Å². The number of para-hydroxylation sites is 1. The number of hydrogen-bond acceptors (Lipinski definition) is 3. The number of hydrogen-bond donors (Lipinski definition) is 0. The van der Waals surface area contributed by atoms with Gasteiger partial charge in [-0.1, -0.05) is 24.3 Å². The third-order valence-electron chi connectivity index (χ3n) is 3.48. The van der Waals surface area contributed by atoms with Crippen molar-refractivity contribution in [2.24, 2.45) is 0 Å². The molecule has 2 aromatic carbocycles. The van der Waals surface area contributed by atoms with E-state index in [1.165, 1.54) is 18.2 Å². The van der Waals surface area contributed by atoms with Gasteiger partial charge in [-0.25, -0.2) is 0 Å². The monoisotopic (exact) mass is 391 g/mol. The minimum Gasteiger partial charge on any atom is -0.412 e. The molecule has 3 rings (SSSR count). The number of fused-ring (bicyclic) bond motifs is 1. The Bertz CT molecular complexity index is 878. The maximum atomic E-state index is 12.4. The second-order valence-corrected chi connectivity index (χ2v) is 4.93. The summed E-state index contributed by atoms with van der Waals surface area (Å²) in [6.45, 7) is 0.141. The highest BCUT2D eigenvalue weighted by Gasteiger charge is 2.17. The Labute approximate surface area is 148 Å². The number of Topliss-reactive ketones (excluding diaryl/α,β-unsaturated/α-hetero) is 1. The van der Waals surface area contributed by atoms with Gasteiger partial charge < -0.3 is 5.48 Å². The van der Waals surface area contributed by atoms with Gasteiger partial charge in [0.1, 0.15) is 0 Å². The summed E-state index contributed by atoms with van der Waals surface area (Å²) in [5.41, 5.74) is 1.21. The molecule has 1 heterocycles. The zero-order valence-corrected chi connectivity index (χ0v) is 14.3. The summed E-state index contributed by atoms with van der Waals surface area (Å²) >= 11 is 0. The number of non-ortho nitro benzene ring substituents is 1. The van der Waals surface area contributed by atoms with Crippen LogP contribution < -0.4 is 4.57 Å². The zero-order chi connectivity index (χ0) is 15.5. The molecule has 0 aliphatic carbocycles. The Morgan fingerprint density at radius 1 is 1.04 bits per heavy atom. The number of rotatable bonds is 4. The van der Waals surface area contributed by atoms with Gasteiger partial charge in [0.25, 0.3) is 5.69 Å².